The summed E-state index contributed by atoms with van der Waals surface area (Å²) in [6, 6.07) is 11.3. The van der Waals surface area contributed by atoms with Crippen LogP contribution in [0.2, 0.25) is 0 Å². The van der Waals surface area contributed by atoms with Gasteiger partial charge in [-0.25, -0.2) is 0 Å². The van der Waals surface area contributed by atoms with Gasteiger partial charge in [0.1, 0.15) is 0 Å². The molecular weight excluding hydrogens is 270 g/mol. The van der Waals surface area contributed by atoms with Crippen LogP contribution in [0.3, 0.4) is 0 Å². The molecule has 1 atom stereocenters. The molecule has 0 radical (unpaired) electrons. The van der Waals surface area contributed by atoms with Crippen LogP contribution in [-0.2, 0) is 6.42 Å². The van der Waals surface area contributed by atoms with E-state index >= 15 is 0 Å². The number of hydrogen-bond donors (Lipinski definition) is 2. The number of nitrogens with one attached hydrogen (secondary N) is 1. The Balaban J connectivity index is 1.95. The number of aliphatic hydroxyl groups is 1. The number of aliphatic hydroxyl groups excluding tert-OH is 1. The van der Waals surface area contributed by atoms with Crippen molar-refractivity contribution in [2.45, 2.75) is 26.4 Å². The predicted octanol–water partition coefficient (Wildman–Crippen LogP) is 3.08. The molecule has 0 aliphatic carbocycles. The van der Waals surface area contributed by atoms with E-state index in [2.05, 4.69) is 12.2 Å². The quantitative estimate of drug-likeness (QED) is 0.888. The minimum absolute atomic E-state index is 0.118. The lowest BCUT2D eigenvalue weighted by atomic mass is 10.1. The highest BCUT2D eigenvalue weighted by atomic mass is 32.1. The van der Waals surface area contributed by atoms with E-state index in [-0.39, 0.29) is 12.5 Å². The number of thiophene rings is 1. The molecule has 1 aromatic heterocycles. The van der Waals surface area contributed by atoms with Crippen molar-refractivity contribution in [1.82, 2.24) is 5.32 Å². The molecule has 20 heavy (non-hydrogen) atoms. The summed E-state index contributed by atoms with van der Waals surface area (Å²) < 4.78 is 0. The Morgan fingerprint density at radius 1 is 1.35 bits per heavy atom. The van der Waals surface area contributed by atoms with Gasteiger partial charge in [-0.15, -0.1) is 11.3 Å². The zero-order valence-electron chi connectivity index (χ0n) is 11.7. The van der Waals surface area contributed by atoms with Crippen LogP contribution < -0.4 is 5.32 Å². The van der Waals surface area contributed by atoms with E-state index in [4.69, 9.17) is 0 Å². The van der Waals surface area contributed by atoms with Gasteiger partial charge in [-0.1, -0.05) is 37.3 Å². The third-order valence-electron chi connectivity index (χ3n) is 3.27. The Labute approximate surface area is 123 Å². The fourth-order valence-electron chi connectivity index (χ4n) is 2.05. The van der Waals surface area contributed by atoms with Crippen LogP contribution in [0.25, 0.3) is 0 Å². The highest BCUT2D eigenvalue weighted by molar-refractivity contribution is 7.14. The third kappa shape index (κ3) is 3.46. The highest BCUT2D eigenvalue weighted by Crippen LogP contribution is 2.22. The molecule has 0 bridgehead atoms. The van der Waals surface area contributed by atoms with E-state index in [9.17, 15) is 9.90 Å². The summed E-state index contributed by atoms with van der Waals surface area (Å²) in [4.78, 5) is 13.9. The first-order valence-electron chi connectivity index (χ1n) is 6.72. The van der Waals surface area contributed by atoms with Gasteiger partial charge < -0.3 is 10.4 Å². The van der Waals surface area contributed by atoms with E-state index in [1.54, 1.807) is 0 Å². The van der Waals surface area contributed by atoms with E-state index in [1.165, 1.54) is 21.8 Å². The first kappa shape index (κ1) is 14.8. The zero-order valence-corrected chi connectivity index (χ0v) is 12.5. The Morgan fingerprint density at radius 3 is 2.65 bits per heavy atom. The molecule has 1 unspecified atom stereocenters. The molecule has 2 aromatic rings. The van der Waals surface area contributed by atoms with Crippen LogP contribution >= 0.6 is 11.3 Å². The van der Waals surface area contributed by atoms with Gasteiger partial charge in [0, 0.05) is 11.4 Å². The van der Waals surface area contributed by atoms with Crippen molar-refractivity contribution in [3.05, 3.63) is 57.3 Å². The van der Waals surface area contributed by atoms with Gasteiger partial charge >= 0.3 is 0 Å². The van der Waals surface area contributed by atoms with Crippen LogP contribution in [0.15, 0.2) is 36.4 Å². The van der Waals surface area contributed by atoms with Crippen molar-refractivity contribution in [3.8, 4) is 0 Å². The van der Waals surface area contributed by atoms with Gasteiger partial charge in [0.25, 0.3) is 5.91 Å². The number of aryl methyl sites for hydroxylation is 2. The molecule has 0 saturated heterocycles. The number of benzene rings is 1. The lowest BCUT2D eigenvalue weighted by molar-refractivity contribution is 0.0920. The summed E-state index contributed by atoms with van der Waals surface area (Å²) in [5.41, 5.74) is 2.02. The molecule has 0 fully saturated rings. The molecule has 0 aliphatic rings. The Hall–Kier alpha value is -1.65. The summed E-state index contributed by atoms with van der Waals surface area (Å²) in [7, 11) is 0. The Morgan fingerprint density at radius 2 is 2.05 bits per heavy atom. The van der Waals surface area contributed by atoms with Crippen LogP contribution in [0, 0.1) is 6.92 Å². The van der Waals surface area contributed by atoms with Gasteiger partial charge in [-0.05, 0) is 30.5 Å². The van der Waals surface area contributed by atoms with Crippen molar-refractivity contribution >= 4 is 17.2 Å². The Bertz CT molecular complexity index is 577. The second kappa shape index (κ2) is 6.68. The van der Waals surface area contributed by atoms with E-state index in [1.807, 2.05) is 43.3 Å². The Kier molecular flexibility index (Phi) is 4.93. The summed E-state index contributed by atoms with van der Waals surface area (Å²) in [5.74, 6) is -0.118. The average Bonchev–Trinajstić information content (AvgIpc) is 2.86. The molecule has 0 saturated carbocycles. The maximum absolute atomic E-state index is 12.1. The van der Waals surface area contributed by atoms with Crippen molar-refractivity contribution in [1.29, 1.82) is 0 Å². The van der Waals surface area contributed by atoms with Crippen LogP contribution in [-0.4, -0.2) is 17.6 Å². The molecule has 2 N–H and O–H groups in total. The normalized spacial score (nSPS) is 12.2. The van der Waals surface area contributed by atoms with Gasteiger partial charge in [0.2, 0.25) is 0 Å². The number of rotatable bonds is 5. The minimum Gasteiger partial charge on any atom is -0.387 e. The second-order valence-corrected chi connectivity index (χ2v) is 5.94. The SMILES string of the molecule is CCc1cc(C(=O)NCC(O)c2ccccc2)sc1C. The summed E-state index contributed by atoms with van der Waals surface area (Å²) in [6.45, 7) is 4.33. The van der Waals surface area contributed by atoms with Crippen LogP contribution in [0.5, 0.6) is 0 Å². The van der Waals surface area contributed by atoms with Crippen molar-refractivity contribution < 1.29 is 9.90 Å². The fraction of sp³-hybridized carbons (Fsp3) is 0.312. The lowest BCUT2D eigenvalue weighted by Gasteiger charge is -2.11. The maximum Gasteiger partial charge on any atom is 0.261 e. The third-order valence-corrected chi connectivity index (χ3v) is 4.36. The maximum atomic E-state index is 12.1. The monoisotopic (exact) mass is 289 g/mol. The first-order chi connectivity index (χ1) is 9.61. The first-order valence-corrected chi connectivity index (χ1v) is 7.54. The molecule has 1 aromatic carbocycles. The van der Waals surface area contributed by atoms with E-state index < -0.39 is 6.10 Å². The zero-order chi connectivity index (χ0) is 14.5. The van der Waals surface area contributed by atoms with Crippen molar-refractivity contribution in [2.24, 2.45) is 0 Å². The largest absolute Gasteiger partial charge is 0.387 e. The van der Waals surface area contributed by atoms with Crippen molar-refractivity contribution in [3.63, 3.8) is 0 Å². The summed E-state index contributed by atoms with van der Waals surface area (Å²) in [6.07, 6.45) is 0.259. The topological polar surface area (TPSA) is 49.3 Å². The number of amides is 1. The molecule has 4 heteroatoms. The molecule has 0 aliphatic heterocycles. The van der Waals surface area contributed by atoms with Crippen LogP contribution in [0.1, 0.15) is 38.7 Å². The summed E-state index contributed by atoms with van der Waals surface area (Å²) >= 11 is 1.50. The molecule has 0 spiro atoms. The number of carbonyl (C=O) groups excluding carboxylic acids is 1. The summed E-state index contributed by atoms with van der Waals surface area (Å²) in [5, 5.41) is 12.8. The fourth-order valence-corrected chi connectivity index (χ4v) is 3.08. The van der Waals surface area contributed by atoms with Crippen molar-refractivity contribution in [2.75, 3.05) is 6.54 Å². The van der Waals surface area contributed by atoms with E-state index in [0.717, 1.165) is 12.0 Å². The predicted molar refractivity (Wildman–Crippen MR) is 82.2 cm³/mol. The smallest absolute Gasteiger partial charge is 0.261 e. The lowest BCUT2D eigenvalue weighted by Crippen LogP contribution is -2.27. The van der Waals surface area contributed by atoms with Gasteiger partial charge in [0.05, 0.1) is 11.0 Å². The van der Waals surface area contributed by atoms with Crippen LogP contribution in [0.4, 0.5) is 0 Å². The number of carbonyl (C=O) groups is 1. The van der Waals surface area contributed by atoms with E-state index in [0.29, 0.717) is 4.88 Å². The standard InChI is InChI=1S/C16H19NO2S/c1-3-12-9-15(20-11(12)2)16(19)17-10-14(18)13-7-5-4-6-8-13/h4-9,14,18H,3,10H2,1-2H3,(H,17,19). The molecule has 1 heterocycles. The molecule has 1 amide bonds. The average molecular weight is 289 g/mol. The molecular formula is C16H19NO2S. The van der Waals surface area contributed by atoms with Gasteiger partial charge in [0.15, 0.2) is 0 Å². The number of hydrogen-bond acceptors (Lipinski definition) is 3. The molecule has 3 nitrogen and oxygen atoms in total. The molecule has 106 valence electrons. The highest BCUT2D eigenvalue weighted by Gasteiger charge is 2.13. The molecule has 2 rings (SSSR count). The van der Waals surface area contributed by atoms with Gasteiger partial charge in [-0.2, -0.15) is 0 Å². The minimum atomic E-state index is -0.674. The second-order valence-electron chi connectivity index (χ2n) is 4.68. The van der Waals surface area contributed by atoms with Gasteiger partial charge in [-0.3, -0.25) is 4.79 Å².